The van der Waals surface area contributed by atoms with E-state index in [2.05, 4.69) is 19.2 Å². The van der Waals surface area contributed by atoms with Crippen LogP contribution in [0.15, 0.2) is 24.3 Å². The predicted octanol–water partition coefficient (Wildman–Crippen LogP) is 3.28. The summed E-state index contributed by atoms with van der Waals surface area (Å²) < 4.78 is 0. The maximum atomic E-state index is 12.3. The predicted molar refractivity (Wildman–Crippen MR) is 96.9 cm³/mol. The second-order valence-electron chi connectivity index (χ2n) is 6.97. The molecule has 0 aromatic heterocycles. The summed E-state index contributed by atoms with van der Waals surface area (Å²) in [5.74, 6) is 1.13. The molecule has 1 aromatic carbocycles. The summed E-state index contributed by atoms with van der Waals surface area (Å²) >= 11 is 5.84. The molecule has 0 unspecified atom stereocenters. The van der Waals surface area contributed by atoms with Crippen molar-refractivity contribution < 1.29 is 9.59 Å². The van der Waals surface area contributed by atoms with E-state index in [4.69, 9.17) is 11.6 Å². The van der Waals surface area contributed by atoms with E-state index in [1.807, 2.05) is 29.2 Å². The molecule has 4 nitrogen and oxygen atoms in total. The highest BCUT2D eigenvalue weighted by Gasteiger charge is 2.25. The van der Waals surface area contributed by atoms with Gasteiger partial charge in [0.15, 0.2) is 0 Å². The molecule has 1 aliphatic rings. The second kappa shape index (κ2) is 9.07. The number of amides is 2. The van der Waals surface area contributed by atoms with E-state index >= 15 is 0 Å². The van der Waals surface area contributed by atoms with Gasteiger partial charge in [0.05, 0.1) is 0 Å². The van der Waals surface area contributed by atoms with Gasteiger partial charge in [-0.05, 0) is 42.4 Å². The number of carbonyl (C=O) groups excluding carboxylic acids is 2. The van der Waals surface area contributed by atoms with Crippen molar-refractivity contribution in [2.75, 3.05) is 19.6 Å². The van der Waals surface area contributed by atoms with Gasteiger partial charge in [0.2, 0.25) is 11.8 Å². The molecule has 0 saturated carbocycles. The molecule has 5 heteroatoms. The Morgan fingerprint density at radius 2 is 1.75 bits per heavy atom. The van der Waals surface area contributed by atoms with Crippen LogP contribution in [0.25, 0.3) is 0 Å². The summed E-state index contributed by atoms with van der Waals surface area (Å²) in [6.07, 6.45) is 2.50. The van der Waals surface area contributed by atoms with Gasteiger partial charge in [0.1, 0.15) is 0 Å². The zero-order valence-corrected chi connectivity index (χ0v) is 15.3. The summed E-state index contributed by atoms with van der Waals surface area (Å²) in [6.45, 7) is 6.58. The lowest BCUT2D eigenvalue weighted by Gasteiger charge is -2.35. The smallest absolute Gasteiger partial charge is 0.223 e. The summed E-state index contributed by atoms with van der Waals surface area (Å²) in [7, 11) is 0. The zero-order valence-electron chi connectivity index (χ0n) is 14.6. The highest BCUT2D eigenvalue weighted by Crippen LogP contribution is 2.21. The first kappa shape index (κ1) is 18.8. The molecule has 24 heavy (non-hydrogen) atoms. The number of likely N-dealkylation sites (tertiary alicyclic amines) is 1. The van der Waals surface area contributed by atoms with Crippen molar-refractivity contribution in [3.05, 3.63) is 34.9 Å². The fourth-order valence-corrected chi connectivity index (χ4v) is 3.46. The maximum absolute atomic E-state index is 12.3. The number of piperidine rings is 1. The minimum atomic E-state index is -0.0598. The molecule has 2 rings (SSSR count). The number of carbonyl (C=O) groups is 2. The van der Waals surface area contributed by atoms with Gasteiger partial charge in [-0.3, -0.25) is 9.59 Å². The van der Waals surface area contributed by atoms with Gasteiger partial charge in [0.25, 0.3) is 0 Å². The minimum Gasteiger partial charge on any atom is -0.356 e. The lowest BCUT2D eigenvalue weighted by molar-refractivity contribution is -0.135. The van der Waals surface area contributed by atoms with Gasteiger partial charge in [0, 0.05) is 37.5 Å². The first-order valence-electron chi connectivity index (χ1n) is 8.73. The number of rotatable bonds is 6. The fourth-order valence-electron chi connectivity index (χ4n) is 3.33. The second-order valence-corrected chi connectivity index (χ2v) is 7.41. The number of hydrogen-bond donors (Lipinski definition) is 1. The molecule has 0 bridgehead atoms. The van der Waals surface area contributed by atoms with Crippen LogP contribution in [0.3, 0.4) is 0 Å². The van der Waals surface area contributed by atoms with Crippen molar-refractivity contribution in [1.82, 2.24) is 10.2 Å². The Morgan fingerprint density at radius 3 is 2.38 bits per heavy atom. The largest absolute Gasteiger partial charge is 0.356 e. The lowest BCUT2D eigenvalue weighted by atomic mass is 9.91. The normalized spacial score (nSPS) is 20.7. The maximum Gasteiger partial charge on any atom is 0.223 e. The van der Waals surface area contributed by atoms with Crippen molar-refractivity contribution in [2.24, 2.45) is 11.8 Å². The van der Waals surface area contributed by atoms with E-state index in [1.54, 1.807) is 0 Å². The average molecular weight is 351 g/mol. The molecule has 0 spiro atoms. The van der Waals surface area contributed by atoms with Crippen molar-refractivity contribution in [3.63, 3.8) is 0 Å². The molecule has 1 saturated heterocycles. The van der Waals surface area contributed by atoms with Crippen LogP contribution in [0.2, 0.25) is 5.02 Å². The number of halogens is 1. The van der Waals surface area contributed by atoms with Crippen LogP contribution in [0.4, 0.5) is 0 Å². The molecule has 1 aromatic rings. The van der Waals surface area contributed by atoms with Crippen molar-refractivity contribution in [2.45, 2.75) is 39.5 Å². The van der Waals surface area contributed by atoms with Gasteiger partial charge in [-0.15, -0.1) is 0 Å². The molecule has 0 radical (unpaired) electrons. The molecule has 1 aliphatic heterocycles. The Bertz CT molecular complexity index is 549. The van der Waals surface area contributed by atoms with E-state index < -0.39 is 0 Å². The average Bonchev–Trinajstić information content (AvgIpc) is 2.53. The molecule has 132 valence electrons. The monoisotopic (exact) mass is 350 g/mol. The molecule has 0 aliphatic carbocycles. The van der Waals surface area contributed by atoms with Crippen LogP contribution in [-0.2, 0) is 16.0 Å². The Hall–Kier alpha value is -1.55. The van der Waals surface area contributed by atoms with Crippen molar-refractivity contribution >= 4 is 23.4 Å². The van der Waals surface area contributed by atoms with Crippen LogP contribution in [0, 0.1) is 11.8 Å². The minimum absolute atomic E-state index is 0.0598. The SMILES string of the molecule is C[C@@H]1C[C@@H](C)CN(C(=O)CCC(=O)NCCc2ccc(Cl)cc2)C1. The third-order valence-electron chi connectivity index (χ3n) is 4.44. The van der Waals surface area contributed by atoms with Crippen LogP contribution in [0.5, 0.6) is 0 Å². The standard InChI is InChI=1S/C19H27ClN2O2/c1-14-11-15(2)13-22(12-14)19(24)8-7-18(23)21-10-9-16-3-5-17(20)6-4-16/h3-6,14-15H,7-13H2,1-2H3,(H,21,23)/t14-,15-/m1/s1. The highest BCUT2D eigenvalue weighted by molar-refractivity contribution is 6.30. The highest BCUT2D eigenvalue weighted by atomic mass is 35.5. The first-order valence-corrected chi connectivity index (χ1v) is 9.10. The molecule has 1 heterocycles. The third-order valence-corrected chi connectivity index (χ3v) is 4.69. The molecule has 2 atom stereocenters. The van der Waals surface area contributed by atoms with Crippen molar-refractivity contribution in [3.8, 4) is 0 Å². The van der Waals surface area contributed by atoms with E-state index in [-0.39, 0.29) is 18.2 Å². The quantitative estimate of drug-likeness (QED) is 0.855. The third kappa shape index (κ3) is 6.16. The van der Waals surface area contributed by atoms with Crippen LogP contribution >= 0.6 is 11.6 Å². The summed E-state index contributed by atoms with van der Waals surface area (Å²) in [4.78, 5) is 26.1. The number of benzene rings is 1. The van der Waals surface area contributed by atoms with Crippen LogP contribution in [-0.4, -0.2) is 36.3 Å². The van der Waals surface area contributed by atoms with Gasteiger partial charge in [-0.25, -0.2) is 0 Å². The van der Waals surface area contributed by atoms with E-state index in [0.29, 0.717) is 29.8 Å². The Balaban J connectivity index is 1.65. The van der Waals surface area contributed by atoms with Gasteiger partial charge < -0.3 is 10.2 Å². The van der Waals surface area contributed by atoms with Gasteiger partial charge in [-0.1, -0.05) is 37.6 Å². The number of nitrogens with one attached hydrogen (secondary N) is 1. The van der Waals surface area contributed by atoms with Gasteiger partial charge >= 0.3 is 0 Å². The van der Waals surface area contributed by atoms with Crippen LogP contribution in [0.1, 0.15) is 38.7 Å². The summed E-state index contributed by atoms with van der Waals surface area (Å²) in [5.41, 5.74) is 1.13. The zero-order chi connectivity index (χ0) is 17.5. The molecule has 1 fully saturated rings. The molecule has 2 amide bonds. The topological polar surface area (TPSA) is 49.4 Å². The fraction of sp³-hybridized carbons (Fsp3) is 0.579. The van der Waals surface area contributed by atoms with E-state index in [0.717, 1.165) is 25.1 Å². The van der Waals surface area contributed by atoms with E-state index in [1.165, 1.54) is 6.42 Å². The summed E-state index contributed by atoms with van der Waals surface area (Å²) in [6, 6.07) is 7.60. The number of hydrogen-bond acceptors (Lipinski definition) is 2. The number of nitrogens with zero attached hydrogens (tertiary/aromatic N) is 1. The molecular weight excluding hydrogens is 324 g/mol. The Kier molecular flexibility index (Phi) is 7.10. The first-order chi connectivity index (χ1) is 11.4. The van der Waals surface area contributed by atoms with Gasteiger partial charge in [-0.2, -0.15) is 0 Å². The summed E-state index contributed by atoms with van der Waals surface area (Å²) in [5, 5.41) is 3.59. The lowest BCUT2D eigenvalue weighted by Crippen LogP contribution is -2.42. The van der Waals surface area contributed by atoms with E-state index in [9.17, 15) is 9.59 Å². The molecule has 1 N–H and O–H groups in total. The Morgan fingerprint density at radius 1 is 1.12 bits per heavy atom. The van der Waals surface area contributed by atoms with Crippen molar-refractivity contribution in [1.29, 1.82) is 0 Å². The Labute approximate surface area is 149 Å². The van der Waals surface area contributed by atoms with Crippen LogP contribution < -0.4 is 5.32 Å². The molecular formula is C19H27ClN2O2.